The van der Waals surface area contributed by atoms with Crippen LogP contribution >= 0.6 is 0 Å². The van der Waals surface area contributed by atoms with E-state index in [0.717, 1.165) is 23.5 Å². The zero-order chi connectivity index (χ0) is 14.8. The molecule has 0 saturated heterocycles. The molecule has 3 rings (SSSR count). The molecule has 0 atom stereocenters. The Morgan fingerprint density at radius 3 is 2.67 bits per heavy atom. The molecular weight excluding hydrogens is 260 g/mol. The topological polar surface area (TPSA) is 67.6 Å². The van der Waals surface area contributed by atoms with Crippen LogP contribution in [0.3, 0.4) is 0 Å². The van der Waals surface area contributed by atoms with Gasteiger partial charge in [0.15, 0.2) is 0 Å². The number of aromatic nitrogens is 2. The van der Waals surface area contributed by atoms with Crippen LogP contribution in [0.15, 0.2) is 18.2 Å². The fourth-order valence-corrected chi connectivity index (χ4v) is 3.48. The molecule has 1 aromatic heterocycles. The van der Waals surface area contributed by atoms with Gasteiger partial charge in [-0.25, -0.2) is 4.98 Å². The number of nitrogens with zero attached hydrogens (tertiary/aromatic N) is 3. The van der Waals surface area contributed by atoms with Gasteiger partial charge in [0.2, 0.25) is 5.95 Å². The normalized spacial score (nSPS) is 22.3. The Labute approximate surface area is 125 Å². The second-order valence-electron chi connectivity index (χ2n) is 6.19. The molecule has 0 radical (unpaired) electrons. The molecule has 0 spiro atoms. The van der Waals surface area contributed by atoms with Gasteiger partial charge in [-0.1, -0.05) is 26.2 Å². The van der Waals surface area contributed by atoms with Crippen molar-refractivity contribution >= 4 is 17.0 Å². The van der Waals surface area contributed by atoms with Crippen LogP contribution in [0.25, 0.3) is 11.0 Å². The molecular formula is C17H22N4. The summed E-state index contributed by atoms with van der Waals surface area (Å²) in [5.41, 5.74) is 8.62. The van der Waals surface area contributed by atoms with Crippen LogP contribution in [-0.2, 0) is 6.54 Å². The maximum atomic E-state index is 9.06. The molecule has 21 heavy (non-hydrogen) atoms. The first-order valence-corrected chi connectivity index (χ1v) is 7.87. The van der Waals surface area contributed by atoms with E-state index < -0.39 is 0 Å². The van der Waals surface area contributed by atoms with E-state index in [4.69, 9.17) is 11.0 Å². The number of benzene rings is 1. The zero-order valence-electron chi connectivity index (χ0n) is 12.5. The van der Waals surface area contributed by atoms with Crippen LogP contribution in [0.1, 0.15) is 44.6 Å². The van der Waals surface area contributed by atoms with Crippen LogP contribution < -0.4 is 5.73 Å². The van der Waals surface area contributed by atoms with Crippen molar-refractivity contribution < 1.29 is 0 Å². The van der Waals surface area contributed by atoms with Gasteiger partial charge < -0.3 is 10.3 Å². The van der Waals surface area contributed by atoms with Crippen molar-refractivity contribution in [3.63, 3.8) is 0 Å². The molecule has 2 aromatic rings. The number of rotatable bonds is 3. The molecule has 1 fully saturated rings. The predicted octanol–water partition coefficient (Wildman–Crippen LogP) is 3.71. The Kier molecular flexibility index (Phi) is 3.83. The summed E-state index contributed by atoms with van der Waals surface area (Å²) in [7, 11) is 0. The number of nitriles is 1. The Bertz CT molecular complexity index is 672. The number of nitrogens with two attached hydrogens (primary N) is 1. The average molecular weight is 282 g/mol. The molecule has 1 aliphatic rings. The third-order valence-electron chi connectivity index (χ3n) is 4.89. The van der Waals surface area contributed by atoms with Crippen LogP contribution in [0.5, 0.6) is 0 Å². The lowest BCUT2D eigenvalue weighted by Gasteiger charge is -2.28. The highest BCUT2D eigenvalue weighted by molar-refractivity contribution is 5.79. The first-order valence-electron chi connectivity index (χ1n) is 7.87. The quantitative estimate of drug-likeness (QED) is 0.933. The maximum absolute atomic E-state index is 9.06. The summed E-state index contributed by atoms with van der Waals surface area (Å²) < 4.78 is 2.09. The van der Waals surface area contributed by atoms with E-state index in [0.29, 0.717) is 17.4 Å². The number of imidazole rings is 1. The van der Waals surface area contributed by atoms with Crippen molar-refractivity contribution in [3.05, 3.63) is 23.8 Å². The summed E-state index contributed by atoms with van der Waals surface area (Å²) in [6, 6.07) is 7.77. The summed E-state index contributed by atoms with van der Waals surface area (Å²) in [5.74, 6) is 2.15. The smallest absolute Gasteiger partial charge is 0.201 e. The van der Waals surface area contributed by atoms with Gasteiger partial charge in [-0.05, 0) is 42.9 Å². The highest BCUT2D eigenvalue weighted by Gasteiger charge is 2.21. The number of hydrogen-bond donors (Lipinski definition) is 1. The number of fused-ring (bicyclic) bond motifs is 1. The third-order valence-corrected chi connectivity index (χ3v) is 4.89. The molecule has 0 unspecified atom stereocenters. The van der Waals surface area contributed by atoms with E-state index in [1.165, 1.54) is 32.1 Å². The molecule has 1 heterocycles. The second-order valence-corrected chi connectivity index (χ2v) is 6.19. The minimum absolute atomic E-state index is 0.567. The maximum Gasteiger partial charge on any atom is 0.201 e. The number of hydrogen-bond acceptors (Lipinski definition) is 3. The van der Waals surface area contributed by atoms with Gasteiger partial charge in [-0.2, -0.15) is 5.26 Å². The molecule has 1 aliphatic carbocycles. The first kappa shape index (κ1) is 13.9. The van der Waals surface area contributed by atoms with Gasteiger partial charge in [-0.3, -0.25) is 0 Å². The molecule has 4 heteroatoms. The summed E-state index contributed by atoms with van der Waals surface area (Å²) >= 11 is 0. The van der Waals surface area contributed by atoms with Gasteiger partial charge in [0.1, 0.15) is 0 Å². The monoisotopic (exact) mass is 282 g/mol. The summed E-state index contributed by atoms with van der Waals surface area (Å²) in [5, 5.41) is 9.06. The van der Waals surface area contributed by atoms with Crippen LogP contribution in [0.4, 0.5) is 5.95 Å². The van der Waals surface area contributed by atoms with Crippen molar-refractivity contribution in [3.8, 4) is 6.07 Å². The first-order chi connectivity index (χ1) is 10.2. The van der Waals surface area contributed by atoms with Gasteiger partial charge in [0.25, 0.3) is 0 Å². The highest BCUT2D eigenvalue weighted by atomic mass is 15.2. The fraction of sp³-hybridized carbons (Fsp3) is 0.529. The van der Waals surface area contributed by atoms with E-state index >= 15 is 0 Å². The van der Waals surface area contributed by atoms with E-state index in [2.05, 4.69) is 22.5 Å². The van der Waals surface area contributed by atoms with Gasteiger partial charge in [0.05, 0.1) is 22.7 Å². The summed E-state index contributed by atoms with van der Waals surface area (Å²) in [4.78, 5) is 4.42. The van der Waals surface area contributed by atoms with Crippen molar-refractivity contribution in [1.82, 2.24) is 9.55 Å². The molecule has 1 aromatic carbocycles. The van der Waals surface area contributed by atoms with Crippen LogP contribution in [-0.4, -0.2) is 9.55 Å². The lowest BCUT2D eigenvalue weighted by molar-refractivity contribution is 0.250. The van der Waals surface area contributed by atoms with E-state index in [9.17, 15) is 0 Å². The van der Waals surface area contributed by atoms with Crippen LogP contribution in [0.2, 0.25) is 0 Å². The fourth-order valence-electron chi connectivity index (χ4n) is 3.48. The van der Waals surface area contributed by atoms with Crippen molar-refractivity contribution in [2.45, 2.75) is 45.6 Å². The molecule has 4 nitrogen and oxygen atoms in total. The molecule has 0 bridgehead atoms. The molecule has 0 aliphatic heterocycles. The average Bonchev–Trinajstić information content (AvgIpc) is 2.83. The lowest BCUT2D eigenvalue weighted by atomic mass is 9.81. The van der Waals surface area contributed by atoms with E-state index in [1.807, 2.05) is 12.1 Å². The minimum atomic E-state index is 0.567. The van der Waals surface area contributed by atoms with Crippen LogP contribution in [0, 0.1) is 23.2 Å². The highest BCUT2D eigenvalue weighted by Crippen LogP contribution is 2.32. The standard InChI is InChI=1S/C17H22N4/c1-2-12-3-5-13(6-4-12)11-21-16-9-14(10-18)7-8-15(16)20-17(21)19/h7-9,12-13H,2-6,11H2,1H3,(H2,19,20). The number of anilines is 1. The lowest BCUT2D eigenvalue weighted by Crippen LogP contribution is -2.19. The molecule has 0 amide bonds. The second kappa shape index (κ2) is 5.77. The SMILES string of the molecule is CCC1CCC(Cn2c(N)nc3ccc(C#N)cc32)CC1. The summed E-state index contributed by atoms with van der Waals surface area (Å²) in [6.07, 6.45) is 6.51. The van der Waals surface area contributed by atoms with Gasteiger partial charge >= 0.3 is 0 Å². The van der Waals surface area contributed by atoms with E-state index in [-0.39, 0.29) is 0 Å². The minimum Gasteiger partial charge on any atom is -0.369 e. The van der Waals surface area contributed by atoms with Crippen molar-refractivity contribution in [1.29, 1.82) is 5.26 Å². The molecule has 1 saturated carbocycles. The van der Waals surface area contributed by atoms with Gasteiger partial charge in [0, 0.05) is 6.54 Å². The Morgan fingerprint density at radius 1 is 1.29 bits per heavy atom. The largest absolute Gasteiger partial charge is 0.369 e. The van der Waals surface area contributed by atoms with Crippen molar-refractivity contribution in [2.75, 3.05) is 5.73 Å². The Hall–Kier alpha value is -2.02. The molecule has 110 valence electrons. The zero-order valence-corrected chi connectivity index (χ0v) is 12.5. The number of nitrogen functional groups attached to an aromatic ring is 1. The van der Waals surface area contributed by atoms with Gasteiger partial charge in [-0.15, -0.1) is 0 Å². The summed E-state index contributed by atoms with van der Waals surface area (Å²) in [6.45, 7) is 3.21. The van der Waals surface area contributed by atoms with E-state index in [1.54, 1.807) is 6.07 Å². The predicted molar refractivity (Wildman–Crippen MR) is 84.6 cm³/mol. The Balaban J connectivity index is 1.83. The molecule has 2 N–H and O–H groups in total. The van der Waals surface area contributed by atoms with Crippen molar-refractivity contribution in [2.24, 2.45) is 11.8 Å². The Morgan fingerprint density at radius 2 is 2.00 bits per heavy atom. The third kappa shape index (κ3) is 2.73.